The number of fused-ring (bicyclic) bond motifs is 2. The predicted octanol–water partition coefficient (Wildman–Crippen LogP) is 4.52. The molecule has 0 aliphatic heterocycles. The van der Waals surface area contributed by atoms with Crippen LogP contribution in [0, 0.1) is 4.51 Å². The topological polar surface area (TPSA) is 49.4 Å². The Morgan fingerprint density at radius 1 is 1.12 bits per heavy atom. The molecule has 0 spiro atoms. The predicted molar refractivity (Wildman–Crippen MR) is 94.8 cm³/mol. The van der Waals surface area contributed by atoms with E-state index in [0.717, 1.165) is 16.3 Å². The molecule has 0 saturated heterocycles. The molecule has 2 aromatic heterocycles. The molecule has 2 heterocycles. The fraction of sp³-hybridized carbons (Fsp3) is 0.111. The van der Waals surface area contributed by atoms with Crippen LogP contribution >= 0.6 is 12.2 Å². The van der Waals surface area contributed by atoms with Gasteiger partial charge in [0.1, 0.15) is 29.0 Å². The summed E-state index contributed by atoms with van der Waals surface area (Å²) in [4.78, 5) is 0. The lowest BCUT2D eigenvalue weighted by atomic mass is 10.2. The monoisotopic (exact) mass is 338 g/mol. The van der Waals surface area contributed by atoms with Crippen LogP contribution in [-0.4, -0.2) is 24.0 Å². The standard InChI is InChI=1S/C18H14N2O3S/c1-21-12-7-15(22-2)17-16(8-12)23-10-14(18(17)24)20-13-6-4-3-5-11(13)9-19-20/h3-10H,1-2H3. The number of methoxy groups -OCH3 is 2. The summed E-state index contributed by atoms with van der Waals surface area (Å²) in [6.07, 6.45) is 3.42. The first kappa shape index (κ1) is 14.7. The Labute approximate surface area is 143 Å². The minimum absolute atomic E-state index is 0.608. The Morgan fingerprint density at radius 2 is 1.96 bits per heavy atom. The molecule has 0 saturated carbocycles. The zero-order valence-electron chi connectivity index (χ0n) is 13.1. The van der Waals surface area contributed by atoms with E-state index >= 15 is 0 Å². The highest BCUT2D eigenvalue weighted by atomic mass is 32.1. The number of nitrogens with zero attached hydrogens (tertiary/aromatic N) is 2. The second kappa shape index (κ2) is 5.65. The second-order valence-electron chi connectivity index (χ2n) is 5.27. The van der Waals surface area contributed by atoms with E-state index in [2.05, 4.69) is 5.10 Å². The summed E-state index contributed by atoms with van der Waals surface area (Å²) in [6, 6.07) is 11.5. The third-order valence-corrected chi connectivity index (χ3v) is 4.37. The van der Waals surface area contributed by atoms with E-state index in [-0.39, 0.29) is 0 Å². The largest absolute Gasteiger partial charge is 0.496 e. The van der Waals surface area contributed by atoms with Crippen LogP contribution < -0.4 is 9.47 Å². The number of rotatable bonds is 3. The van der Waals surface area contributed by atoms with Crippen LogP contribution in [0.4, 0.5) is 0 Å². The molecule has 0 unspecified atom stereocenters. The normalized spacial score (nSPS) is 11.1. The van der Waals surface area contributed by atoms with Gasteiger partial charge >= 0.3 is 0 Å². The van der Waals surface area contributed by atoms with Crippen LogP contribution in [0.15, 0.2) is 53.3 Å². The van der Waals surface area contributed by atoms with Crippen molar-refractivity contribution in [2.45, 2.75) is 0 Å². The van der Waals surface area contributed by atoms with Gasteiger partial charge in [0.25, 0.3) is 0 Å². The maximum atomic E-state index is 5.79. The van der Waals surface area contributed by atoms with Gasteiger partial charge in [-0.1, -0.05) is 30.4 Å². The molecule has 120 valence electrons. The highest BCUT2D eigenvalue weighted by Gasteiger charge is 2.14. The molecule has 4 rings (SSSR count). The first-order valence-electron chi connectivity index (χ1n) is 7.33. The van der Waals surface area contributed by atoms with Crippen LogP contribution in [0.3, 0.4) is 0 Å². The summed E-state index contributed by atoms with van der Waals surface area (Å²) in [5.41, 5.74) is 2.27. The average Bonchev–Trinajstić information content (AvgIpc) is 3.05. The molecule has 4 aromatic rings. The van der Waals surface area contributed by atoms with Crippen molar-refractivity contribution in [2.75, 3.05) is 14.2 Å². The van der Waals surface area contributed by atoms with Gasteiger partial charge in [-0.3, -0.25) is 0 Å². The van der Waals surface area contributed by atoms with Gasteiger partial charge in [0.2, 0.25) is 0 Å². The van der Waals surface area contributed by atoms with Gasteiger partial charge in [-0.2, -0.15) is 5.10 Å². The van der Waals surface area contributed by atoms with Crippen molar-refractivity contribution in [3.05, 3.63) is 53.4 Å². The number of aromatic nitrogens is 2. The SMILES string of the molecule is COc1cc(OC)c2c(=S)c(-n3ncc4ccccc43)coc2c1. The first-order valence-corrected chi connectivity index (χ1v) is 7.74. The molecule has 0 fully saturated rings. The molecule has 0 bridgehead atoms. The van der Waals surface area contributed by atoms with Crippen LogP contribution in [0.5, 0.6) is 11.5 Å². The van der Waals surface area contributed by atoms with Crippen LogP contribution in [0.2, 0.25) is 0 Å². The fourth-order valence-corrected chi connectivity index (χ4v) is 3.11. The molecule has 0 aliphatic carbocycles. The Hall–Kier alpha value is -2.86. The Kier molecular flexibility index (Phi) is 3.46. The van der Waals surface area contributed by atoms with Crippen molar-refractivity contribution >= 4 is 34.1 Å². The molecule has 0 amide bonds. The van der Waals surface area contributed by atoms with E-state index < -0.39 is 0 Å². The number of para-hydroxylation sites is 1. The molecule has 0 atom stereocenters. The molecule has 0 aliphatic rings. The van der Waals surface area contributed by atoms with E-state index in [1.54, 1.807) is 43.5 Å². The lowest BCUT2D eigenvalue weighted by Crippen LogP contribution is -1.98. The number of hydrogen-bond donors (Lipinski definition) is 0. The van der Waals surface area contributed by atoms with Crippen molar-refractivity contribution in [3.63, 3.8) is 0 Å². The van der Waals surface area contributed by atoms with Crippen molar-refractivity contribution in [3.8, 4) is 17.2 Å². The molecule has 0 N–H and O–H groups in total. The summed E-state index contributed by atoms with van der Waals surface area (Å²) in [6.45, 7) is 0. The van der Waals surface area contributed by atoms with E-state index in [9.17, 15) is 0 Å². The summed E-state index contributed by atoms with van der Waals surface area (Å²) in [5.74, 6) is 1.26. The zero-order chi connectivity index (χ0) is 16.7. The Morgan fingerprint density at radius 3 is 2.75 bits per heavy atom. The van der Waals surface area contributed by atoms with E-state index in [4.69, 9.17) is 26.1 Å². The summed E-state index contributed by atoms with van der Waals surface area (Å²) >= 11 is 5.70. The van der Waals surface area contributed by atoms with Crippen LogP contribution in [0.25, 0.3) is 27.6 Å². The molecule has 6 heteroatoms. The van der Waals surface area contributed by atoms with Crippen molar-refractivity contribution in [2.24, 2.45) is 0 Å². The molecule has 5 nitrogen and oxygen atoms in total. The average molecular weight is 338 g/mol. The minimum Gasteiger partial charge on any atom is -0.496 e. The second-order valence-corrected chi connectivity index (χ2v) is 5.68. The quantitative estimate of drug-likeness (QED) is 0.514. The number of benzene rings is 2. The molecule has 2 aromatic carbocycles. The fourth-order valence-electron chi connectivity index (χ4n) is 2.77. The summed E-state index contributed by atoms with van der Waals surface area (Å²) < 4.78 is 18.9. The van der Waals surface area contributed by atoms with Gasteiger partial charge in [0, 0.05) is 17.5 Å². The van der Waals surface area contributed by atoms with Gasteiger partial charge in [0.15, 0.2) is 0 Å². The minimum atomic E-state index is 0.608. The smallest absolute Gasteiger partial charge is 0.142 e. The van der Waals surface area contributed by atoms with Crippen LogP contribution in [-0.2, 0) is 0 Å². The number of ether oxygens (including phenoxy) is 2. The molecular weight excluding hydrogens is 324 g/mol. The van der Waals surface area contributed by atoms with Gasteiger partial charge in [-0.05, 0) is 6.07 Å². The van der Waals surface area contributed by atoms with Gasteiger partial charge in [-0.25, -0.2) is 4.68 Å². The highest BCUT2D eigenvalue weighted by molar-refractivity contribution is 7.71. The van der Waals surface area contributed by atoms with Gasteiger partial charge in [-0.15, -0.1) is 0 Å². The summed E-state index contributed by atoms with van der Waals surface area (Å²) in [7, 11) is 3.19. The Balaban J connectivity index is 2.04. The lowest BCUT2D eigenvalue weighted by Gasteiger charge is -2.10. The maximum absolute atomic E-state index is 5.79. The summed E-state index contributed by atoms with van der Waals surface area (Å²) in [5, 5.41) is 6.21. The van der Waals surface area contributed by atoms with Crippen molar-refractivity contribution in [1.29, 1.82) is 0 Å². The highest BCUT2D eigenvalue weighted by Crippen LogP contribution is 2.34. The van der Waals surface area contributed by atoms with Gasteiger partial charge < -0.3 is 13.9 Å². The van der Waals surface area contributed by atoms with Gasteiger partial charge in [0.05, 0.1) is 35.8 Å². The third-order valence-electron chi connectivity index (χ3n) is 3.96. The van der Waals surface area contributed by atoms with Crippen molar-refractivity contribution < 1.29 is 13.9 Å². The van der Waals surface area contributed by atoms with Crippen LogP contribution in [0.1, 0.15) is 0 Å². The Bertz CT molecular complexity index is 1110. The lowest BCUT2D eigenvalue weighted by molar-refractivity contribution is 0.396. The molecule has 0 radical (unpaired) electrons. The zero-order valence-corrected chi connectivity index (χ0v) is 14.0. The maximum Gasteiger partial charge on any atom is 0.142 e. The third kappa shape index (κ3) is 2.15. The van der Waals surface area contributed by atoms with E-state index in [0.29, 0.717) is 27.3 Å². The first-order chi connectivity index (χ1) is 11.7. The molecule has 24 heavy (non-hydrogen) atoms. The van der Waals surface area contributed by atoms with E-state index in [1.165, 1.54) is 0 Å². The van der Waals surface area contributed by atoms with E-state index in [1.807, 2.05) is 24.3 Å². The molecular formula is C18H14N2O3S. The van der Waals surface area contributed by atoms with Crippen molar-refractivity contribution in [1.82, 2.24) is 9.78 Å². The number of hydrogen-bond acceptors (Lipinski definition) is 5.